The van der Waals surface area contributed by atoms with Crippen LogP contribution in [0.3, 0.4) is 0 Å². The van der Waals surface area contributed by atoms with Crippen LogP contribution in [0.2, 0.25) is 10.0 Å². The van der Waals surface area contributed by atoms with Crippen LogP contribution in [0.5, 0.6) is 0 Å². The van der Waals surface area contributed by atoms with Crippen molar-refractivity contribution in [3.63, 3.8) is 0 Å². The van der Waals surface area contributed by atoms with Crippen LogP contribution >= 0.6 is 23.2 Å². The van der Waals surface area contributed by atoms with Gasteiger partial charge in [-0.3, -0.25) is 9.36 Å². The number of benzene rings is 2. The lowest BCUT2D eigenvalue weighted by Crippen LogP contribution is -2.29. The second kappa shape index (κ2) is 8.18. The van der Waals surface area contributed by atoms with E-state index in [0.29, 0.717) is 34.3 Å². The Labute approximate surface area is 171 Å². The molecule has 0 aliphatic rings. The van der Waals surface area contributed by atoms with Crippen molar-refractivity contribution in [3.05, 3.63) is 62.6 Å². The zero-order valence-corrected chi connectivity index (χ0v) is 16.8. The highest BCUT2D eigenvalue weighted by Gasteiger charge is 2.19. The van der Waals surface area contributed by atoms with E-state index in [-0.39, 0.29) is 22.0 Å². The first-order valence-corrected chi connectivity index (χ1v) is 9.40. The minimum absolute atomic E-state index is 0.270. The Morgan fingerprint density at radius 2 is 2.00 bits per heavy atom. The molecule has 0 saturated carbocycles. The van der Waals surface area contributed by atoms with E-state index in [9.17, 15) is 9.59 Å². The summed E-state index contributed by atoms with van der Waals surface area (Å²) in [5, 5.41) is 6.19. The van der Waals surface area contributed by atoms with Gasteiger partial charge in [-0.2, -0.15) is 0 Å². The molecule has 146 valence electrons. The number of carbonyl (C=O) groups is 1. The van der Waals surface area contributed by atoms with Crippen LogP contribution in [0.25, 0.3) is 16.6 Å². The number of hydrogen-bond donors (Lipinski definition) is 3. The molecule has 2 aromatic carbocycles. The fourth-order valence-electron chi connectivity index (χ4n) is 2.84. The first-order valence-electron chi connectivity index (χ1n) is 8.65. The molecule has 0 saturated heterocycles. The standard InChI is InChI=1S/C19H19Cl2N5O2/c1-3-23-19(28)24-11-7-8-12(20)15(9-11)26-17(10(2)22)25-14-6-4-5-13(21)16(14)18(26)27/h4-10H,3,22H2,1-2H3,(H2,23,24,28). The van der Waals surface area contributed by atoms with E-state index >= 15 is 0 Å². The number of fused-ring (bicyclic) bond motifs is 1. The number of amides is 2. The Morgan fingerprint density at radius 1 is 1.25 bits per heavy atom. The third-order valence-electron chi connectivity index (χ3n) is 4.06. The van der Waals surface area contributed by atoms with Gasteiger partial charge >= 0.3 is 6.03 Å². The van der Waals surface area contributed by atoms with Crippen LogP contribution in [0.1, 0.15) is 25.7 Å². The molecule has 3 rings (SSSR count). The summed E-state index contributed by atoms with van der Waals surface area (Å²) in [6.07, 6.45) is 0. The van der Waals surface area contributed by atoms with Gasteiger partial charge in [0.05, 0.1) is 32.7 Å². The van der Waals surface area contributed by atoms with Crippen molar-refractivity contribution in [1.82, 2.24) is 14.9 Å². The van der Waals surface area contributed by atoms with E-state index in [1.807, 2.05) is 6.92 Å². The van der Waals surface area contributed by atoms with E-state index in [1.54, 1.807) is 43.3 Å². The van der Waals surface area contributed by atoms with Crippen molar-refractivity contribution in [2.75, 3.05) is 11.9 Å². The van der Waals surface area contributed by atoms with Gasteiger partial charge in [0.1, 0.15) is 5.82 Å². The lowest BCUT2D eigenvalue weighted by molar-refractivity contribution is 0.252. The molecule has 3 aromatic rings. The lowest BCUT2D eigenvalue weighted by Gasteiger charge is -2.18. The maximum atomic E-state index is 13.3. The average Bonchev–Trinajstić information content (AvgIpc) is 2.63. The molecule has 28 heavy (non-hydrogen) atoms. The fraction of sp³-hybridized carbons (Fsp3) is 0.211. The summed E-state index contributed by atoms with van der Waals surface area (Å²) in [6.45, 7) is 4.01. The van der Waals surface area contributed by atoms with Crippen molar-refractivity contribution in [3.8, 4) is 5.69 Å². The molecule has 4 N–H and O–H groups in total. The van der Waals surface area contributed by atoms with Crippen molar-refractivity contribution < 1.29 is 4.79 Å². The SMILES string of the molecule is CCNC(=O)Nc1ccc(Cl)c(-n2c(C(C)N)nc3cccc(Cl)c3c2=O)c1. The van der Waals surface area contributed by atoms with Gasteiger partial charge in [-0.1, -0.05) is 29.3 Å². The van der Waals surface area contributed by atoms with Gasteiger partial charge in [0.25, 0.3) is 5.56 Å². The molecule has 0 bridgehead atoms. The first-order chi connectivity index (χ1) is 13.3. The van der Waals surface area contributed by atoms with Gasteiger partial charge in [-0.05, 0) is 44.2 Å². The topological polar surface area (TPSA) is 102 Å². The van der Waals surface area contributed by atoms with E-state index < -0.39 is 6.04 Å². The Morgan fingerprint density at radius 3 is 2.68 bits per heavy atom. The molecule has 1 heterocycles. The number of carbonyl (C=O) groups excluding carboxylic acids is 1. The van der Waals surface area contributed by atoms with Crippen molar-refractivity contribution in [2.24, 2.45) is 5.73 Å². The largest absolute Gasteiger partial charge is 0.338 e. The Bertz CT molecular complexity index is 1110. The third kappa shape index (κ3) is 3.82. The zero-order valence-electron chi connectivity index (χ0n) is 15.3. The summed E-state index contributed by atoms with van der Waals surface area (Å²) >= 11 is 12.6. The smallest absolute Gasteiger partial charge is 0.319 e. The Balaban J connectivity index is 2.27. The number of nitrogens with two attached hydrogens (primary N) is 1. The quantitative estimate of drug-likeness (QED) is 0.597. The van der Waals surface area contributed by atoms with Crippen molar-refractivity contribution in [2.45, 2.75) is 19.9 Å². The molecule has 0 aliphatic heterocycles. The van der Waals surface area contributed by atoms with Crippen LogP contribution < -0.4 is 21.9 Å². The number of aromatic nitrogens is 2. The summed E-state index contributed by atoms with van der Waals surface area (Å²) in [7, 11) is 0. The number of hydrogen-bond acceptors (Lipinski definition) is 4. The predicted molar refractivity (Wildman–Crippen MR) is 113 cm³/mol. The van der Waals surface area contributed by atoms with Crippen LogP contribution in [0.15, 0.2) is 41.2 Å². The highest BCUT2D eigenvalue weighted by molar-refractivity contribution is 6.35. The molecule has 7 nitrogen and oxygen atoms in total. The highest BCUT2D eigenvalue weighted by atomic mass is 35.5. The Hall–Kier alpha value is -2.61. The summed E-state index contributed by atoms with van der Waals surface area (Å²) in [5.74, 6) is 0.330. The zero-order chi connectivity index (χ0) is 20.4. The second-order valence-corrected chi connectivity index (χ2v) is 7.00. The minimum Gasteiger partial charge on any atom is -0.338 e. The number of anilines is 1. The Kier molecular flexibility index (Phi) is 5.88. The number of nitrogens with one attached hydrogen (secondary N) is 2. The molecular weight excluding hydrogens is 401 g/mol. The van der Waals surface area contributed by atoms with Gasteiger partial charge in [0, 0.05) is 12.2 Å². The summed E-state index contributed by atoms with van der Waals surface area (Å²) in [6, 6.07) is 8.95. The summed E-state index contributed by atoms with van der Waals surface area (Å²) in [4.78, 5) is 29.7. The van der Waals surface area contributed by atoms with E-state index in [1.165, 1.54) is 4.57 Å². The van der Waals surface area contributed by atoms with Gasteiger partial charge in [0.15, 0.2) is 0 Å². The molecule has 2 amide bonds. The summed E-state index contributed by atoms with van der Waals surface area (Å²) < 4.78 is 1.34. The number of halogens is 2. The van der Waals surface area contributed by atoms with Crippen LogP contribution in [0.4, 0.5) is 10.5 Å². The fourth-order valence-corrected chi connectivity index (χ4v) is 3.30. The molecule has 0 spiro atoms. The van der Waals surface area contributed by atoms with Crippen molar-refractivity contribution in [1.29, 1.82) is 0 Å². The van der Waals surface area contributed by atoms with Crippen molar-refractivity contribution >= 4 is 45.8 Å². The van der Waals surface area contributed by atoms with E-state index in [2.05, 4.69) is 15.6 Å². The molecule has 0 aliphatic carbocycles. The average molecular weight is 420 g/mol. The van der Waals surface area contributed by atoms with Gasteiger partial charge in [0.2, 0.25) is 0 Å². The van der Waals surface area contributed by atoms with Gasteiger partial charge < -0.3 is 16.4 Å². The molecule has 0 radical (unpaired) electrons. The number of rotatable bonds is 4. The van der Waals surface area contributed by atoms with Crippen LogP contribution in [0, 0.1) is 0 Å². The predicted octanol–water partition coefficient (Wildman–Crippen LogP) is 3.85. The van der Waals surface area contributed by atoms with Gasteiger partial charge in [-0.25, -0.2) is 9.78 Å². The van der Waals surface area contributed by atoms with E-state index in [0.717, 1.165) is 0 Å². The molecule has 0 fully saturated rings. The molecule has 1 atom stereocenters. The van der Waals surface area contributed by atoms with E-state index in [4.69, 9.17) is 28.9 Å². The second-order valence-electron chi connectivity index (χ2n) is 6.18. The molecule has 1 aromatic heterocycles. The number of nitrogens with zero attached hydrogens (tertiary/aromatic N) is 2. The number of urea groups is 1. The monoisotopic (exact) mass is 419 g/mol. The maximum Gasteiger partial charge on any atom is 0.319 e. The normalized spacial score (nSPS) is 12.0. The first kappa shape index (κ1) is 20.1. The minimum atomic E-state index is -0.549. The third-order valence-corrected chi connectivity index (χ3v) is 4.70. The molecular formula is C19H19Cl2N5O2. The summed E-state index contributed by atoms with van der Waals surface area (Å²) in [5.41, 5.74) is 6.96. The van der Waals surface area contributed by atoms with Crippen LogP contribution in [-0.2, 0) is 0 Å². The van der Waals surface area contributed by atoms with Gasteiger partial charge in [-0.15, -0.1) is 0 Å². The maximum absolute atomic E-state index is 13.3. The molecule has 1 unspecified atom stereocenters. The van der Waals surface area contributed by atoms with Crippen LogP contribution in [-0.4, -0.2) is 22.1 Å². The highest BCUT2D eigenvalue weighted by Crippen LogP contribution is 2.27. The molecule has 9 heteroatoms. The lowest BCUT2D eigenvalue weighted by atomic mass is 10.2.